The van der Waals surface area contributed by atoms with E-state index < -0.39 is 6.09 Å². The molecule has 90 valence electrons. The number of carbonyl (C=O) groups excluding carboxylic acids is 1. The minimum absolute atomic E-state index is 0.0396. The fourth-order valence-electron chi connectivity index (χ4n) is 1.14. The van der Waals surface area contributed by atoms with E-state index in [1.54, 1.807) is 13.1 Å². The molecule has 0 radical (unpaired) electrons. The minimum atomic E-state index is -0.407. The van der Waals surface area contributed by atoms with Gasteiger partial charge in [0.05, 0.1) is 12.6 Å². The zero-order chi connectivity index (χ0) is 12.0. The second-order valence-electron chi connectivity index (χ2n) is 3.39. The van der Waals surface area contributed by atoms with Crippen LogP contribution in [-0.2, 0) is 9.47 Å². The van der Waals surface area contributed by atoms with Gasteiger partial charge in [-0.2, -0.15) is 0 Å². The smallest absolute Gasteiger partial charge is 0.407 e. The number of amides is 1. The van der Waals surface area contributed by atoms with Crippen LogP contribution in [0.1, 0.15) is 13.8 Å². The monoisotopic (exact) mass is 228 g/mol. The average Bonchev–Trinajstić information content (AvgIpc) is 2.69. The lowest BCUT2D eigenvalue weighted by Gasteiger charge is -2.06. The zero-order valence-electron chi connectivity index (χ0n) is 9.40. The normalized spacial score (nSPS) is 21.7. The molecule has 0 spiro atoms. The van der Waals surface area contributed by atoms with Crippen molar-refractivity contribution in [3.8, 4) is 0 Å². The van der Waals surface area contributed by atoms with E-state index in [4.69, 9.17) is 14.6 Å². The molecule has 1 aliphatic heterocycles. The van der Waals surface area contributed by atoms with Gasteiger partial charge in [0.2, 0.25) is 0 Å². The van der Waals surface area contributed by atoms with E-state index in [9.17, 15) is 4.79 Å². The Morgan fingerprint density at radius 2 is 2.50 bits per heavy atom. The van der Waals surface area contributed by atoms with Crippen LogP contribution in [0.2, 0.25) is 0 Å². The lowest BCUT2D eigenvalue weighted by atomic mass is 10.1. The Morgan fingerprint density at radius 1 is 1.75 bits per heavy atom. The predicted octanol–water partition coefficient (Wildman–Crippen LogP) is 0.426. The number of alkyl carbamates (subject to hydrolysis) is 1. The highest BCUT2D eigenvalue weighted by atomic mass is 16.6. The van der Waals surface area contributed by atoms with Crippen molar-refractivity contribution in [2.24, 2.45) is 4.99 Å². The number of aliphatic hydroxyl groups is 1. The molecule has 6 heteroatoms. The number of nitrogens with zero attached hydrogens (tertiary/aromatic N) is 1. The van der Waals surface area contributed by atoms with Crippen LogP contribution in [-0.4, -0.2) is 43.0 Å². The summed E-state index contributed by atoms with van der Waals surface area (Å²) < 4.78 is 9.82. The van der Waals surface area contributed by atoms with Crippen molar-refractivity contribution < 1.29 is 19.4 Å². The molecule has 0 aromatic carbocycles. The molecule has 1 heterocycles. The van der Waals surface area contributed by atoms with Crippen molar-refractivity contribution >= 4 is 12.0 Å². The number of hydrogen-bond donors (Lipinski definition) is 2. The molecule has 0 unspecified atom stereocenters. The Bertz CT molecular complexity index is 312. The van der Waals surface area contributed by atoms with E-state index in [0.29, 0.717) is 12.5 Å². The average molecular weight is 228 g/mol. The van der Waals surface area contributed by atoms with Crippen LogP contribution in [0.3, 0.4) is 0 Å². The zero-order valence-corrected chi connectivity index (χ0v) is 9.40. The summed E-state index contributed by atoms with van der Waals surface area (Å²) in [5.74, 6) is 0.471. The summed E-state index contributed by atoms with van der Waals surface area (Å²) in [6.45, 7) is 4.06. The number of aliphatic hydroxyl groups excluding tert-OH is 1. The van der Waals surface area contributed by atoms with Crippen LogP contribution in [0.25, 0.3) is 0 Å². The van der Waals surface area contributed by atoms with E-state index >= 15 is 0 Å². The molecule has 0 bridgehead atoms. The molecular formula is C10H16N2O4. The molecule has 1 saturated heterocycles. The van der Waals surface area contributed by atoms with Gasteiger partial charge < -0.3 is 19.9 Å². The van der Waals surface area contributed by atoms with Gasteiger partial charge in [-0.05, 0) is 12.5 Å². The first kappa shape index (κ1) is 12.5. The summed E-state index contributed by atoms with van der Waals surface area (Å²) in [6.07, 6.45) is 1.21. The van der Waals surface area contributed by atoms with Crippen molar-refractivity contribution in [2.45, 2.75) is 19.9 Å². The third-order valence-corrected chi connectivity index (χ3v) is 2.08. The third kappa shape index (κ3) is 3.90. The molecular weight excluding hydrogens is 212 g/mol. The van der Waals surface area contributed by atoms with Gasteiger partial charge in [0.25, 0.3) is 0 Å². The Hall–Kier alpha value is -1.56. The van der Waals surface area contributed by atoms with Crippen molar-refractivity contribution in [2.75, 3.05) is 19.8 Å². The van der Waals surface area contributed by atoms with Gasteiger partial charge in [-0.25, -0.2) is 9.79 Å². The van der Waals surface area contributed by atoms with E-state index in [-0.39, 0.29) is 19.3 Å². The molecule has 0 aromatic rings. The maximum Gasteiger partial charge on any atom is 0.407 e. The van der Waals surface area contributed by atoms with Gasteiger partial charge in [-0.1, -0.05) is 0 Å². The Balaban J connectivity index is 2.46. The fraction of sp³-hybridized carbons (Fsp3) is 0.600. The SMILES string of the molecule is CC(=N/C=C(\C)[C@H]1COC(=O)N1)OCCO. The summed E-state index contributed by atoms with van der Waals surface area (Å²) in [5.41, 5.74) is 0.887. The topological polar surface area (TPSA) is 80.2 Å². The highest BCUT2D eigenvalue weighted by Gasteiger charge is 2.23. The van der Waals surface area contributed by atoms with Crippen molar-refractivity contribution in [1.82, 2.24) is 5.32 Å². The number of aliphatic imine (C=N–C) groups is 1. The van der Waals surface area contributed by atoms with E-state index in [2.05, 4.69) is 10.3 Å². The summed E-state index contributed by atoms with van der Waals surface area (Å²) in [5, 5.41) is 11.2. The number of rotatable bonds is 4. The Labute approximate surface area is 94.0 Å². The van der Waals surface area contributed by atoms with Crippen LogP contribution < -0.4 is 5.32 Å². The standard InChI is InChI=1S/C10H16N2O4/c1-7(9-6-16-10(14)12-9)5-11-8(2)15-4-3-13/h5,9,13H,3-4,6H2,1-2H3,(H,12,14)/b7-5+,11-8?/t9-/m1/s1. The highest BCUT2D eigenvalue weighted by Crippen LogP contribution is 2.08. The largest absolute Gasteiger partial charge is 0.479 e. The number of ether oxygens (including phenoxy) is 2. The highest BCUT2D eigenvalue weighted by molar-refractivity contribution is 5.74. The maximum absolute atomic E-state index is 10.8. The van der Waals surface area contributed by atoms with Gasteiger partial charge in [0.15, 0.2) is 5.90 Å². The van der Waals surface area contributed by atoms with Gasteiger partial charge in [0.1, 0.15) is 13.2 Å². The number of hydrogen-bond acceptors (Lipinski definition) is 5. The first-order valence-corrected chi connectivity index (χ1v) is 5.01. The Morgan fingerprint density at radius 3 is 3.06 bits per heavy atom. The van der Waals surface area contributed by atoms with Crippen LogP contribution in [0.4, 0.5) is 4.79 Å². The van der Waals surface area contributed by atoms with Crippen molar-refractivity contribution in [3.05, 3.63) is 11.8 Å². The molecule has 0 aromatic heterocycles. The van der Waals surface area contributed by atoms with E-state index in [1.165, 1.54) is 0 Å². The molecule has 2 N–H and O–H groups in total. The van der Waals surface area contributed by atoms with Gasteiger partial charge >= 0.3 is 6.09 Å². The molecule has 1 fully saturated rings. The van der Waals surface area contributed by atoms with E-state index in [1.807, 2.05) is 6.92 Å². The van der Waals surface area contributed by atoms with Gasteiger partial charge in [-0.3, -0.25) is 0 Å². The van der Waals surface area contributed by atoms with Crippen LogP contribution in [0.5, 0.6) is 0 Å². The summed E-state index contributed by atoms with van der Waals surface area (Å²) in [6, 6.07) is -0.123. The van der Waals surface area contributed by atoms with E-state index in [0.717, 1.165) is 5.57 Å². The minimum Gasteiger partial charge on any atom is -0.479 e. The molecule has 1 amide bonds. The molecule has 6 nitrogen and oxygen atoms in total. The lowest BCUT2D eigenvalue weighted by molar-refractivity contribution is 0.177. The molecule has 16 heavy (non-hydrogen) atoms. The third-order valence-electron chi connectivity index (χ3n) is 2.08. The maximum atomic E-state index is 10.8. The molecule has 1 atom stereocenters. The van der Waals surface area contributed by atoms with Gasteiger partial charge in [-0.15, -0.1) is 0 Å². The van der Waals surface area contributed by atoms with Crippen LogP contribution in [0.15, 0.2) is 16.8 Å². The van der Waals surface area contributed by atoms with Crippen LogP contribution in [0, 0.1) is 0 Å². The fourth-order valence-corrected chi connectivity index (χ4v) is 1.14. The summed E-state index contributed by atoms with van der Waals surface area (Å²) >= 11 is 0. The summed E-state index contributed by atoms with van der Waals surface area (Å²) in [4.78, 5) is 14.8. The van der Waals surface area contributed by atoms with Gasteiger partial charge in [0, 0.05) is 13.1 Å². The second-order valence-corrected chi connectivity index (χ2v) is 3.39. The summed E-state index contributed by atoms with van der Waals surface area (Å²) in [7, 11) is 0. The molecule has 1 rings (SSSR count). The molecule has 0 saturated carbocycles. The first-order valence-electron chi connectivity index (χ1n) is 5.01. The number of cyclic esters (lactones) is 1. The first-order chi connectivity index (χ1) is 7.63. The lowest BCUT2D eigenvalue weighted by Crippen LogP contribution is -2.27. The predicted molar refractivity (Wildman–Crippen MR) is 58.2 cm³/mol. The quantitative estimate of drug-likeness (QED) is 0.540. The number of nitrogens with one attached hydrogen (secondary N) is 1. The van der Waals surface area contributed by atoms with Crippen LogP contribution >= 0.6 is 0 Å². The second kappa shape index (κ2) is 6.12. The number of carbonyl (C=O) groups is 1. The Kier molecular flexibility index (Phi) is 4.78. The molecule has 1 aliphatic rings. The molecule has 0 aliphatic carbocycles. The van der Waals surface area contributed by atoms with Crippen molar-refractivity contribution in [3.63, 3.8) is 0 Å². The van der Waals surface area contributed by atoms with Crippen molar-refractivity contribution in [1.29, 1.82) is 0 Å².